The van der Waals surface area contributed by atoms with Crippen LogP contribution in [0.15, 0.2) is 59.2 Å². The Labute approximate surface area is 207 Å². The monoisotopic (exact) mass is 518 g/mol. The van der Waals surface area contributed by atoms with E-state index in [0.717, 1.165) is 58.7 Å². The highest BCUT2D eigenvalue weighted by Gasteiger charge is 2.32. The van der Waals surface area contributed by atoms with Crippen LogP contribution in [0, 0.1) is 0 Å². The maximum Gasteiger partial charge on any atom is 0.231 e. The van der Waals surface area contributed by atoms with Crippen molar-refractivity contribution >= 4 is 26.7 Å². The summed E-state index contributed by atoms with van der Waals surface area (Å²) in [4.78, 5) is 0. The zero-order valence-corrected chi connectivity index (χ0v) is 20.8. The summed E-state index contributed by atoms with van der Waals surface area (Å²) in [6.45, 7) is 1.17. The summed E-state index contributed by atoms with van der Waals surface area (Å²) in [7, 11) is 3.39. The molecule has 34 heavy (non-hydrogen) atoms. The first kappa shape index (κ1) is 21.3. The van der Waals surface area contributed by atoms with Crippen LogP contribution in [-0.4, -0.2) is 21.0 Å². The van der Waals surface area contributed by atoms with Crippen LogP contribution in [0.2, 0.25) is 0 Å². The van der Waals surface area contributed by atoms with Gasteiger partial charge in [0.25, 0.3) is 0 Å². The van der Waals surface area contributed by atoms with Crippen molar-refractivity contribution in [3.63, 3.8) is 0 Å². The smallest absolute Gasteiger partial charge is 0.231 e. The van der Waals surface area contributed by atoms with Crippen molar-refractivity contribution in [1.29, 1.82) is 0 Å². The van der Waals surface area contributed by atoms with Crippen LogP contribution in [0.5, 0.6) is 23.0 Å². The second-order valence-corrected chi connectivity index (χ2v) is 9.57. The van der Waals surface area contributed by atoms with Crippen LogP contribution < -0.4 is 23.5 Å². The van der Waals surface area contributed by atoms with E-state index < -0.39 is 0 Å². The maximum atomic E-state index is 5.82. The Morgan fingerprint density at radius 2 is 1.71 bits per heavy atom. The fourth-order valence-corrected chi connectivity index (χ4v) is 5.45. The highest BCUT2D eigenvalue weighted by atomic mass is 79.9. The van der Waals surface area contributed by atoms with E-state index in [4.69, 9.17) is 18.9 Å². The van der Waals surface area contributed by atoms with Gasteiger partial charge < -0.3 is 18.9 Å². The van der Waals surface area contributed by atoms with Crippen LogP contribution in [-0.2, 0) is 25.8 Å². The van der Waals surface area contributed by atoms with Crippen LogP contribution in [0.1, 0.15) is 16.7 Å². The highest BCUT2D eigenvalue weighted by Crippen LogP contribution is 2.43. The Morgan fingerprint density at radius 1 is 0.912 bits per heavy atom. The van der Waals surface area contributed by atoms with Crippen molar-refractivity contribution in [2.45, 2.75) is 25.8 Å². The number of hydrogen-bond donors (Lipinski definition) is 0. The third-order valence-corrected chi connectivity index (χ3v) is 7.35. The standard InChI is InChI=1S/C28H25BrNO4/c1-31-24-10-9-20-21(8-5-17-3-6-19(29)7-4-17)27-22-14-26-25(33-16-34-26)13-18(22)11-12-30(27)15-23(20)28(24)32-2/h3-4,6-7,9-10,13-15H,5,8,11-12,16H2,1-2H3/q+1. The van der Waals surface area contributed by atoms with Crippen molar-refractivity contribution in [3.05, 3.63) is 75.9 Å². The van der Waals surface area contributed by atoms with Crippen molar-refractivity contribution in [3.8, 4) is 34.3 Å². The summed E-state index contributed by atoms with van der Waals surface area (Å²) < 4.78 is 26.3. The molecule has 2 aliphatic rings. The fraction of sp³-hybridized carbons (Fsp3) is 0.250. The van der Waals surface area contributed by atoms with Gasteiger partial charge in [-0.05, 0) is 60.4 Å². The molecule has 0 saturated carbocycles. The molecule has 0 fully saturated rings. The second kappa shape index (κ2) is 8.51. The van der Waals surface area contributed by atoms with Gasteiger partial charge in [-0.15, -0.1) is 0 Å². The van der Waals surface area contributed by atoms with E-state index in [9.17, 15) is 0 Å². The summed E-state index contributed by atoms with van der Waals surface area (Å²) in [6.07, 6.45) is 4.99. The molecule has 4 aromatic rings. The molecule has 6 rings (SSSR count). The van der Waals surface area contributed by atoms with Crippen molar-refractivity contribution < 1.29 is 23.5 Å². The minimum Gasteiger partial charge on any atom is -0.493 e. The quantitative estimate of drug-likeness (QED) is 0.320. The number of benzene rings is 3. The molecule has 3 aromatic carbocycles. The lowest BCUT2D eigenvalue weighted by Crippen LogP contribution is -2.41. The molecule has 1 aromatic heterocycles. The number of rotatable bonds is 5. The summed E-state index contributed by atoms with van der Waals surface area (Å²) in [6, 6.07) is 17.0. The summed E-state index contributed by atoms with van der Waals surface area (Å²) in [5.74, 6) is 3.18. The number of hydrogen-bond acceptors (Lipinski definition) is 4. The molecular weight excluding hydrogens is 494 g/mol. The van der Waals surface area contributed by atoms with E-state index in [1.165, 1.54) is 33.3 Å². The SMILES string of the molecule is COc1ccc2c(CCc3ccc(Br)cc3)c3[n+](cc2c1OC)CCc1cc2c(cc1-3)OCO2. The first-order valence-corrected chi connectivity index (χ1v) is 12.2. The highest BCUT2D eigenvalue weighted by molar-refractivity contribution is 9.10. The van der Waals surface area contributed by atoms with Crippen molar-refractivity contribution in [2.75, 3.05) is 21.0 Å². The van der Waals surface area contributed by atoms with Gasteiger partial charge >= 0.3 is 0 Å². The number of pyridine rings is 1. The van der Waals surface area contributed by atoms with Crippen LogP contribution in [0.4, 0.5) is 0 Å². The molecular formula is C28H25BrNO4+. The molecule has 0 amide bonds. The molecule has 5 nitrogen and oxygen atoms in total. The van der Waals surface area contributed by atoms with Gasteiger partial charge in [0.05, 0.1) is 25.2 Å². The molecule has 0 aliphatic carbocycles. The first-order valence-electron chi connectivity index (χ1n) is 11.4. The molecule has 0 bridgehead atoms. The predicted octanol–water partition coefficient (Wildman–Crippen LogP) is 5.64. The second-order valence-electron chi connectivity index (χ2n) is 8.65. The number of aromatic nitrogens is 1. The third-order valence-electron chi connectivity index (χ3n) is 6.82. The molecule has 3 heterocycles. The lowest BCUT2D eigenvalue weighted by atomic mass is 9.89. The molecule has 172 valence electrons. The Kier molecular flexibility index (Phi) is 5.33. The van der Waals surface area contributed by atoms with E-state index in [0.29, 0.717) is 0 Å². The third kappa shape index (κ3) is 3.48. The number of nitrogens with zero attached hydrogens (tertiary/aromatic N) is 1. The van der Waals surface area contributed by atoms with E-state index in [-0.39, 0.29) is 6.79 Å². The molecule has 0 saturated heterocycles. The number of halogens is 1. The Bertz CT molecular complexity index is 1420. The van der Waals surface area contributed by atoms with Gasteiger partial charge in [0, 0.05) is 21.8 Å². The largest absolute Gasteiger partial charge is 0.493 e. The van der Waals surface area contributed by atoms with Crippen LogP contribution >= 0.6 is 15.9 Å². The van der Waals surface area contributed by atoms with Crippen LogP contribution in [0.25, 0.3) is 22.0 Å². The van der Waals surface area contributed by atoms with E-state index in [1.807, 2.05) is 6.07 Å². The van der Waals surface area contributed by atoms with Gasteiger partial charge in [-0.3, -0.25) is 0 Å². The average molecular weight is 519 g/mol. The molecule has 0 radical (unpaired) electrons. The van der Waals surface area contributed by atoms with E-state index in [1.54, 1.807) is 14.2 Å². The molecule has 2 aliphatic heterocycles. The summed E-state index contributed by atoms with van der Waals surface area (Å²) >= 11 is 3.54. The fourth-order valence-electron chi connectivity index (χ4n) is 5.18. The van der Waals surface area contributed by atoms with E-state index >= 15 is 0 Å². The zero-order valence-electron chi connectivity index (χ0n) is 19.2. The van der Waals surface area contributed by atoms with Crippen molar-refractivity contribution in [1.82, 2.24) is 0 Å². The number of methoxy groups -OCH3 is 2. The minimum absolute atomic E-state index is 0.281. The lowest BCUT2D eigenvalue weighted by Gasteiger charge is -2.21. The topological polar surface area (TPSA) is 40.8 Å². The van der Waals surface area contributed by atoms with Gasteiger partial charge in [0.2, 0.25) is 12.5 Å². The molecule has 0 unspecified atom stereocenters. The Morgan fingerprint density at radius 3 is 2.47 bits per heavy atom. The Hall–Kier alpha value is -3.25. The Balaban J connectivity index is 1.57. The maximum absolute atomic E-state index is 5.82. The number of aryl methyl sites for hydroxylation is 4. The van der Waals surface area contributed by atoms with E-state index in [2.05, 4.69) is 69.2 Å². The van der Waals surface area contributed by atoms with Gasteiger partial charge in [-0.1, -0.05) is 28.1 Å². The summed E-state index contributed by atoms with van der Waals surface area (Å²) in [5, 5.41) is 2.26. The summed E-state index contributed by atoms with van der Waals surface area (Å²) in [5.41, 5.74) is 6.38. The van der Waals surface area contributed by atoms with Gasteiger partial charge in [0.1, 0.15) is 0 Å². The average Bonchev–Trinajstić information content (AvgIpc) is 3.32. The van der Waals surface area contributed by atoms with Gasteiger partial charge in [0.15, 0.2) is 35.7 Å². The predicted molar refractivity (Wildman–Crippen MR) is 134 cm³/mol. The minimum atomic E-state index is 0.281. The molecule has 0 spiro atoms. The van der Waals surface area contributed by atoms with Crippen molar-refractivity contribution in [2.24, 2.45) is 0 Å². The van der Waals surface area contributed by atoms with Gasteiger partial charge in [-0.25, -0.2) is 0 Å². The van der Waals surface area contributed by atoms with Crippen LogP contribution in [0.3, 0.4) is 0 Å². The van der Waals surface area contributed by atoms with Gasteiger partial charge in [-0.2, -0.15) is 4.57 Å². The number of ether oxygens (including phenoxy) is 4. The molecule has 0 atom stereocenters. The first-order chi connectivity index (χ1) is 16.7. The lowest BCUT2D eigenvalue weighted by molar-refractivity contribution is -0.686. The molecule has 0 N–H and O–H groups in total. The zero-order chi connectivity index (χ0) is 23.2. The normalized spacial score (nSPS) is 13.5. The molecule has 6 heteroatoms. The number of fused-ring (bicyclic) bond motifs is 5.